The third kappa shape index (κ3) is 3.88. The Kier molecular flexibility index (Phi) is 6.13. The van der Waals surface area contributed by atoms with Crippen molar-refractivity contribution < 1.29 is 5.11 Å². The van der Waals surface area contributed by atoms with Crippen LogP contribution in [0.15, 0.2) is 43.0 Å². The van der Waals surface area contributed by atoms with Crippen molar-refractivity contribution in [2.24, 2.45) is 11.8 Å². The molecule has 3 heteroatoms. The Morgan fingerprint density at radius 1 is 1.29 bits per heavy atom. The van der Waals surface area contributed by atoms with Crippen LogP contribution in [-0.2, 0) is 6.42 Å². The van der Waals surface area contributed by atoms with Crippen molar-refractivity contribution in [3.8, 4) is 0 Å². The lowest BCUT2D eigenvalue weighted by Crippen LogP contribution is -2.54. The molecule has 1 aromatic heterocycles. The summed E-state index contributed by atoms with van der Waals surface area (Å²) in [4.78, 5) is 7.39. The molecule has 4 heterocycles. The fourth-order valence-electron chi connectivity index (χ4n) is 5.28. The number of aliphatic hydroxyl groups excluding tert-OH is 1. The number of hydrogen-bond donors (Lipinski definition) is 1. The number of fused-ring (bicyclic) bond motifs is 4. The summed E-state index contributed by atoms with van der Waals surface area (Å²) in [6.45, 7) is 8.42. The summed E-state index contributed by atoms with van der Waals surface area (Å²) in [5.74, 6) is 1.25. The Bertz CT molecular complexity index is 817. The zero-order valence-electron chi connectivity index (χ0n) is 17.2. The van der Waals surface area contributed by atoms with E-state index in [0.717, 1.165) is 48.1 Å². The highest BCUT2D eigenvalue weighted by molar-refractivity contribution is 5.82. The Morgan fingerprint density at radius 3 is 2.89 bits per heavy atom. The van der Waals surface area contributed by atoms with Gasteiger partial charge in [-0.1, -0.05) is 50.5 Å². The van der Waals surface area contributed by atoms with Crippen molar-refractivity contribution >= 4 is 10.9 Å². The molecule has 5 unspecified atom stereocenters. The minimum Gasteiger partial charge on any atom is -0.387 e. The number of aryl methyl sites for hydroxylation is 1. The maximum absolute atomic E-state index is 11.5. The van der Waals surface area contributed by atoms with E-state index in [9.17, 15) is 5.11 Å². The lowest BCUT2D eigenvalue weighted by Gasteiger charge is -2.50. The average molecular weight is 379 g/mol. The zero-order valence-corrected chi connectivity index (χ0v) is 17.2. The molecule has 0 spiro atoms. The molecular formula is C25H34N2O. The van der Waals surface area contributed by atoms with Gasteiger partial charge in [0.25, 0.3) is 0 Å². The van der Waals surface area contributed by atoms with E-state index in [2.05, 4.69) is 48.7 Å². The third-order valence-corrected chi connectivity index (χ3v) is 6.92. The van der Waals surface area contributed by atoms with Gasteiger partial charge in [-0.05, 0) is 61.8 Å². The second-order valence-electron chi connectivity index (χ2n) is 8.72. The molecule has 2 bridgehead atoms. The van der Waals surface area contributed by atoms with E-state index in [1.807, 2.05) is 6.07 Å². The molecule has 28 heavy (non-hydrogen) atoms. The highest BCUT2D eigenvalue weighted by Crippen LogP contribution is 2.42. The Morgan fingerprint density at radius 2 is 2.14 bits per heavy atom. The number of rotatable bonds is 8. The van der Waals surface area contributed by atoms with Crippen LogP contribution in [0.1, 0.15) is 62.8 Å². The standard InChI is InChI=1S/C25H34N2O/c1-3-5-6-7-10-20-16-22(21-11-8-9-12-23(21)26-20)25(28)24-15-19-13-14-27(24)17-18(19)4-2/h4,8-9,11-12,16,18-19,24-25,28H,2-3,5-7,10,13-15,17H2,1H3. The molecule has 3 aliphatic rings. The highest BCUT2D eigenvalue weighted by atomic mass is 16.3. The first-order chi connectivity index (χ1) is 13.7. The Hall–Kier alpha value is -1.71. The number of hydrogen-bond acceptors (Lipinski definition) is 3. The van der Waals surface area contributed by atoms with Gasteiger partial charge in [0.1, 0.15) is 0 Å². The summed E-state index contributed by atoms with van der Waals surface area (Å²) in [6, 6.07) is 10.7. The van der Waals surface area contributed by atoms with E-state index >= 15 is 0 Å². The van der Waals surface area contributed by atoms with Crippen molar-refractivity contribution in [1.82, 2.24) is 9.88 Å². The first-order valence-electron chi connectivity index (χ1n) is 11.1. The van der Waals surface area contributed by atoms with E-state index in [0.29, 0.717) is 11.8 Å². The molecule has 150 valence electrons. The average Bonchev–Trinajstić information content (AvgIpc) is 2.75. The molecule has 0 saturated carbocycles. The molecule has 3 fully saturated rings. The summed E-state index contributed by atoms with van der Waals surface area (Å²) >= 11 is 0. The van der Waals surface area contributed by atoms with Gasteiger partial charge in [0.2, 0.25) is 0 Å². The molecule has 3 aliphatic heterocycles. The summed E-state index contributed by atoms with van der Waals surface area (Å²) < 4.78 is 0. The molecule has 1 aromatic carbocycles. The van der Waals surface area contributed by atoms with Gasteiger partial charge in [-0.3, -0.25) is 9.88 Å². The molecule has 3 nitrogen and oxygen atoms in total. The minimum absolute atomic E-state index is 0.216. The summed E-state index contributed by atoms with van der Waals surface area (Å²) in [6.07, 6.45) is 9.94. The topological polar surface area (TPSA) is 36.4 Å². The fourth-order valence-corrected chi connectivity index (χ4v) is 5.28. The lowest BCUT2D eigenvalue weighted by molar-refractivity contribution is -0.0445. The molecule has 5 rings (SSSR count). The van der Waals surface area contributed by atoms with Crippen LogP contribution in [0.4, 0.5) is 0 Å². The van der Waals surface area contributed by atoms with Crippen molar-refractivity contribution in [3.05, 3.63) is 54.2 Å². The molecule has 0 radical (unpaired) electrons. The number of para-hydroxylation sites is 1. The van der Waals surface area contributed by atoms with Gasteiger partial charge in [-0.15, -0.1) is 6.58 Å². The minimum atomic E-state index is -0.448. The smallest absolute Gasteiger partial charge is 0.0952 e. The van der Waals surface area contributed by atoms with Crippen molar-refractivity contribution in [2.45, 2.75) is 64.0 Å². The number of aromatic nitrogens is 1. The molecule has 2 aromatic rings. The number of nitrogens with zero attached hydrogens (tertiary/aromatic N) is 2. The SMILES string of the molecule is C=CC1CN2CCC1CC2C(O)c1cc(CCCCCC)nc2ccccc12. The van der Waals surface area contributed by atoms with Crippen LogP contribution in [0.5, 0.6) is 0 Å². The van der Waals surface area contributed by atoms with E-state index in [1.54, 1.807) is 0 Å². The quantitative estimate of drug-likeness (QED) is 0.501. The maximum Gasteiger partial charge on any atom is 0.0952 e. The number of piperidine rings is 3. The molecule has 3 saturated heterocycles. The number of benzene rings is 1. The van der Waals surface area contributed by atoms with Gasteiger partial charge in [0, 0.05) is 23.7 Å². The van der Waals surface area contributed by atoms with Gasteiger partial charge in [-0.25, -0.2) is 0 Å². The van der Waals surface area contributed by atoms with Crippen LogP contribution in [0.3, 0.4) is 0 Å². The van der Waals surface area contributed by atoms with E-state index in [1.165, 1.54) is 32.1 Å². The monoisotopic (exact) mass is 378 g/mol. The normalized spacial score (nSPS) is 27.8. The van der Waals surface area contributed by atoms with Crippen molar-refractivity contribution in [1.29, 1.82) is 0 Å². The zero-order chi connectivity index (χ0) is 19.5. The highest BCUT2D eigenvalue weighted by Gasteiger charge is 2.42. The number of aliphatic hydroxyl groups is 1. The Balaban J connectivity index is 1.60. The van der Waals surface area contributed by atoms with Gasteiger partial charge in [0.05, 0.1) is 11.6 Å². The predicted molar refractivity (Wildman–Crippen MR) is 116 cm³/mol. The van der Waals surface area contributed by atoms with Crippen LogP contribution in [0.25, 0.3) is 10.9 Å². The van der Waals surface area contributed by atoms with Gasteiger partial charge in [-0.2, -0.15) is 0 Å². The second-order valence-corrected chi connectivity index (χ2v) is 8.72. The van der Waals surface area contributed by atoms with E-state index < -0.39 is 6.10 Å². The van der Waals surface area contributed by atoms with Crippen LogP contribution in [-0.4, -0.2) is 34.1 Å². The van der Waals surface area contributed by atoms with E-state index in [-0.39, 0.29) is 6.04 Å². The van der Waals surface area contributed by atoms with Crippen LogP contribution >= 0.6 is 0 Å². The van der Waals surface area contributed by atoms with E-state index in [4.69, 9.17) is 4.98 Å². The summed E-state index contributed by atoms with van der Waals surface area (Å²) in [7, 11) is 0. The van der Waals surface area contributed by atoms with Crippen molar-refractivity contribution in [2.75, 3.05) is 13.1 Å². The Labute approximate surface area is 169 Å². The van der Waals surface area contributed by atoms with Crippen LogP contribution < -0.4 is 0 Å². The third-order valence-electron chi connectivity index (χ3n) is 6.92. The summed E-state index contributed by atoms with van der Waals surface area (Å²) in [5.41, 5.74) is 3.22. The van der Waals surface area contributed by atoms with Crippen LogP contribution in [0, 0.1) is 11.8 Å². The molecular weight excluding hydrogens is 344 g/mol. The first-order valence-corrected chi connectivity index (χ1v) is 11.1. The second kappa shape index (κ2) is 8.75. The van der Waals surface area contributed by atoms with Gasteiger partial charge in [0.15, 0.2) is 0 Å². The lowest BCUT2D eigenvalue weighted by atomic mass is 9.73. The predicted octanol–water partition coefficient (Wildman–Crippen LogP) is 5.29. The largest absolute Gasteiger partial charge is 0.387 e. The van der Waals surface area contributed by atoms with Gasteiger partial charge >= 0.3 is 0 Å². The first kappa shape index (κ1) is 19.6. The molecule has 0 aliphatic carbocycles. The number of pyridine rings is 1. The molecule has 5 atom stereocenters. The van der Waals surface area contributed by atoms with Gasteiger partial charge < -0.3 is 5.11 Å². The van der Waals surface area contributed by atoms with Crippen LogP contribution in [0.2, 0.25) is 0 Å². The van der Waals surface area contributed by atoms with Crippen molar-refractivity contribution in [3.63, 3.8) is 0 Å². The fraction of sp³-hybridized carbons (Fsp3) is 0.560. The molecule has 0 amide bonds. The summed E-state index contributed by atoms with van der Waals surface area (Å²) in [5, 5.41) is 12.6. The molecule has 1 N–H and O–H groups in total. The number of unbranched alkanes of at least 4 members (excludes halogenated alkanes) is 3. The maximum atomic E-state index is 11.5.